The van der Waals surface area contributed by atoms with Gasteiger partial charge in [0.2, 0.25) is 0 Å². The minimum absolute atomic E-state index is 0.225. The lowest BCUT2D eigenvalue weighted by molar-refractivity contribution is 0.187. The quantitative estimate of drug-likeness (QED) is 0.848. The van der Waals surface area contributed by atoms with Crippen LogP contribution in [-0.2, 0) is 18.4 Å². The summed E-state index contributed by atoms with van der Waals surface area (Å²) < 4.78 is 2.29. The van der Waals surface area contributed by atoms with E-state index in [0.29, 0.717) is 5.92 Å². The molecule has 3 rings (SSSR count). The lowest BCUT2D eigenvalue weighted by Gasteiger charge is -2.28. The zero-order valence-electron chi connectivity index (χ0n) is 10.5. The third-order valence-electron chi connectivity index (χ3n) is 4.55. The largest absolute Gasteiger partial charge is 0.396 e. The summed E-state index contributed by atoms with van der Waals surface area (Å²) in [6, 6.07) is 0. The summed E-state index contributed by atoms with van der Waals surface area (Å²) in [5.41, 5.74) is 0.225. The van der Waals surface area contributed by atoms with Gasteiger partial charge in [-0.25, -0.2) is 0 Å². The second kappa shape index (κ2) is 4.09. The van der Waals surface area contributed by atoms with E-state index >= 15 is 0 Å². The molecule has 0 bridgehead atoms. The van der Waals surface area contributed by atoms with Gasteiger partial charge in [0.15, 0.2) is 0 Å². The molecule has 2 heterocycles. The Hall–Kier alpha value is -0.900. The van der Waals surface area contributed by atoms with Crippen molar-refractivity contribution < 1.29 is 5.11 Å². The lowest BCUT2D eigenvalue weighted by atomic mass is 9.87. The van der Waals surface area contributed by atoms with E-state index in [0.717, 1.165) is 25.2 Å². The van der Waals surface area contributed by atoms with Crippen LogP contribution in [-0.4, -0.2) is 26.5 Å². The van der Waals surface area contributed by atoms with Gasteiger partial charge in [0.25, 0.3) is 0 Å². The first-order valence-corrected chi connectivity index (χ1v) is 6.76. The fraction of sp³-hybridized carbons (Fsp3) is 0.846. The molecule has 4 nitrogen and oxygen atoms in total. The van der Waals surface area contributed by atoms with Crippen LogP contribution in [0.25, 0.3) is 0 Å². The van der Waals surface area contributed by atoms with Gasteiger partial charge in [-0.3, -0.25) is 0 Å². The maximum Gasteiger partial charge on any atom is 0.138 e. The predicted molar refractivity (Wildman–Crippen MR) is 64.7 cm³/mol. The average Bonchev–Trinajstić information content (AvgIpc) is 2.95. The second-order valence-electron chi connectivity index (χ2n) is 5.91. The molecule has 2 aliphatic rings. The Bertz CT molecular complexity index is 407. The molecular weight excluding hydrogens is 214 g/mol. The molecule has 1 aromatic rings. The summed E-state index contributed by atoms with van der Waals surface area (Å²) in [7, 11) is 0. The number of aromatic nitrogens is 3. The van der Waals surface area contributed by atoms with Crippen molar-refractivity contribution >= 4 is 0 Å². The Morgan fingerprint density at radius 3 is 2.82 bits per heavy atom. The van der Waals surface area contributed by atoms with Crippen molar-refractivity contribution in [3.8, 4) is 0 Å². The van der Waals surface area contributed by atoms with Gasteiger partial charge in [0.1, 0.15) is 11.6 Å². The van der Waals surface area contributed by atoms with E-state index in [9.17, 15) is 5.11 Å². The topological polar surface area (TPSA) is 50.9 Å². The predicted octanol–water partition coefficient (Wildman–Crippen LogP) is 1.66. The number of hydrogen-bond donors (Lipinski definition) is 1. The number of aliphatic hydroxyl groups excluding tert-OH is 1. The Morgan fingerprint density at radius 2 is 2.12 bits per heavy atom. The standard InChI is InChI=1S/C13H21N3O/c1-13(6-2-3-7-13)12-15-14-11-5-4-10(9-17)8-16(11)12/h10,17H,2-9H2,1H3. The van der Waals surface area contributed by atoms with Gasteiger partial charge in [-0.05, 0) is 19.3 Å². The van der Waals surface area contributed by atoms with E-state index in [2.05, 4.69) is 21.7 Å². The smallest absolute Gasteiger partial charge is 0.138 e. The fourth-order valence-electron chi connectivity index (χ4n) is 3.37. The van der Waals surface area contributed by atoms with Crippen LogP contribution < -0.4 is 0 Å². The van der Waals surface area contributed by atoms with Crippen molar-refractivity contribution in [3.63, 3.8) is 0 Å². The Labute approximate surface area is 102 Å². The molecule has 0 aromatic carbocycles. The summed E-state index contributed by atoms with van der Waals surface area (Å²) in [4.78, 5) is 0. The molecule has 0 saturated heterocycles. The SMILES string of the molecule is CC1(c2nnc3n2CC(CO)CC3)CCCC1. The van der Waals surface area contributed by atoms with Gasteiger partial charge in [-0.1, -0.05) is 19.8 Å². The molecule has 1 fully saturated rings. The van der Waals surface area contributed by atoms with Gasteiger partial charge in [0, 0.05) is 30.9 Å². The fourth-order valence-corrected chi connectivity index (χ4v) is 3.37. The first-order chi connectivity index (χ1) is 8.23. The molecule has 1 aliphatic carbocycles. The van der Waals surface area contributed by atoms with Crippen LogP contribution in [0.4, 0.5) is 0 Å². The van der Waals surface area contributed by atoms with Crippen LogP contribution in [0.3, 0.4) is 0 Å². The molecule has 1 aliphatic heterocycles. The molecule has 1 N–H and O–H groups in total. The molecular formula is C13H21N3O. The Morgan fingerprint density at radius 1 is 1.35 bits per heavy atom. The Kier molecular flexibility index (Phi) is 2.69. The van der Waals surface area contributed by atoms with Crippen LogP contribution in [0.1, 0.15) is 50.7 Å². The van der Waals surface area contributed by atoms with Crippen LogP contribution in [0, 0.1) is 5.92 Å². The van der Waals surface area contributed by atoms with E-state index in [1.54, 1.807) is 0 Å². The van der Waals surface area contributed by atoms with E-state index in [4.69, 9.17) is 0 Å². The molecule has 0 spiro atoms. The number of rotatable bonds is 2. The van der Waals surface area contributed by atoms with Crippen molar-refractivity contribution in [2.75, 3.05) is 6.61 Å². The van der Waals surface area contributed by atoms with Gasteiger partial charge < -0.3 is 9.67 Å². The highest BCUT2D eigenvalue weighted by Gasteiger charge is 2.37. The highest BCUT2D eigenvalue weighted by molar-refractivity contribution is 5.13. The summed E-state index contributed by atoms with van der Waals surface area (Å²) in [6.45, 7) is 3.51. The van der Waals surface area contributed by atoms with Gasteiger partial charge >= 0.3 is 0 Å². The van der Waals surface area contributed by atoms with Crippen molar-refractivity contribution in [3.05, 3.63) is 11.6 Å². The monoisotopic (exact) mass is 235 g/mol. The van der Waals surface area contributed by atoms with Crippen molar-refractivity contribution in [2.24, 2.45) is 5.92 Å². The zero-order valence-corrected chi connectivity index (χ0v) is 10.5. The second-order valence-corrected chi connectivity index (χ2v) is 5.91. The summed E-state index contributed by atoms with van der Waals surface area (Å²) in [6.07, 6.45) is 7.09. The van der Waals surface area contributed by atoms with Crippen LogP contribution in [0.2, 0.25) is 0 Å². The van der Waals surface area contributed by atoms with Crippen molar-refractivity contribution in [2.45, 2.75) is 57.4 Å². The molecule has 0 radical (unpaired) electrons. The maximum atomic E-state index is 9.32. The Balaban J connectivity index is 1.94. The van der Waals surface area contributed by atoms with Gasteiger partial charge in [0.05, 0.1) is 0 Å². The van der Waals surface area contributed by atoms with Gasteiger partial charge in [-0.2, -0.15) is 0 Å². The maximum absolute atomic E-state index is 9.32. The van der Waals surface area contributed by atoms with Crippen molar-refractivity contribution in [1.29, 1.82) is 0 Å². The number of nitrogens with zero attached hydrogens (tertiary/aromatic N) is 3. The molecule has 1 saturated carbocycles. The number of fused-ring (bicyclic) bond motifs is 1. The van der Waals surface area contributed by atoms with Crippen molar-refractivity contribution in [1.82, 2.24) is 14.8 Å². The number of aliphatic hydroxyl groups is 1. The normalized spacial score (nSPS) is 27.1. The third kappa shape index (κ3) is 1.79. The van der Waals surface area contributed by atoms with E-state index in [1.165, 1.54) is 31.5 Å². The molecule has 1 aromatic heterocycles. The summed E-state index contributed by atoms with van der Waals surface area (Å²) in [5, 5.41) is 18.1. The van der Waals surface area contributed by atoms with E-state index in [-0.39, 0.29) is 12.0 Å². The van der Waals surface area contributed by atoms with Gasteiger partial charge in [-0.15, -0.1) is 10.2 Å². The van der Waals surface area contributed by atoms with E-state index < -0.39 is 0 Å². The summed E-state index contributed by atoms with van der Waals surface area (Å²) >= 11 is 0. The molecule has 1 atom stereocenters. The van der Waals surface area contributed by atoms with Crippen LogP contribution >= 0.6 is 0 Å². The zero-order chi connectivity index (χ0) is 11.9. The van der Waals surface area contributed by atoms with Crippen LogP contribution in [0.5, 0.6) is 0 Å². The highest BCUT2D eigenvalue weighted by atomic mass is 16.3. The van der Waals surface area contributed by atoms with E-state index in [1.807, 2.05) is 0 Å². The van der Waals surface area contributed by atoms with Crippen LogP contribution in [0.15, 0.2) is 0 Å². The first kappa shape index (κ1) is 11.2. The lowest BCUT2D eigenvalue weighted by Crippen LogP contribution is -2.29. The highest BCUT2D eigenvalue weighted by Crippen LogP contribution is 2.40. The number of hydrogen-bond acceptors (Lipinski definition) is 3. The molecule has 94 valence electrons. The minimum atomic E-state index is 0.225. The molecule has 1 unspecified atom stereocenters. The molecule has 17 heavy (non-hydrogen) atoms. The third-order valence-corrected chi connectivity index (χ3v) is 4.55. The molecule has 4 heteroatoms. The average molecular weight is 235 g/mol. The minimum Gasteiger partial charge on any atom is -0.396 e. The summed E-state index contributed by atoms with van der Waals surface area (Å²) in [5.74, 6) is 2.68. The first-order valence-electron chi connectivity index (χ1n) is 6.76. The number of aryl methyl sites for hydroxylation is 1. The molecule has 0 amide bonds.